The maximum Gasteiger partial charge on any atom is 0.282 e. The number of rotatable bonds is 8. The van der Waals surface area contributed by atoms with Crippen molar-refractivity contribution in [3.05, 3.63) is 90.1 Å². The van der Waals surface area contributed by atoms with Crippen LogP contribution in [0.3, 0.4) is 0 Å². The van der Waals surface area contributed by atoms with Gasteiger partial charge in [-0.15, -0.1) is 0 Å². The van der Waals surface area contributed by atoms with Crippen LogP contribution in [0.1, 0.15) is 25.8 Å². The van der Waals surface area contributed by atoms with Crippen LogP contribution in [-0.2, 0) is 14.4 Å². The largest absolute Gasteiger partial charge is 0.494 e. The molecule has 3 aromatic carbocycles. The van der Waals surface area contributed by atoms with Crippen LogP contribution in [0.25, 0.3) is 5.57 Å². The summed E-state index contributed by atoms with van der Waals surface area (Å²) < 4.78 is 5.70. The molecule has 0 spiro atoms. The predicted octanol–water partition coefficient (Wildman–Crippen LogP) is 4.83. The zero-order valence-corrected chi connectivity index (χ0v) is 19.0. The van der Waals surface area contributed by atoms with Crippen LogP contribution >= 0.6 is 0 Å². The zero-order chi connectivity index (χ0) is 24.1. The number of hydrogen-bond acceptors (Lipinski definition) is 5. The Morgan fingerprint density at radius 1 is 0.882 bits per heavy atom. The Kier molecular flexibility index (Phi) is 6.73. The number of amides is 3. The highest BCUT2D eigenvalue weighted by molar-refractivity contribution is 6.46. The topological polar surface area (TPSA) is 87.7 Å². The van der Waals surface area contributed by atoms with Gasteiger partial charge in [0.25, 0.3) is 11.8 Å². The Morgan fingerprint density at radius 2 is 1.62 bits per heavy atom. The van der Waals surface area contributed by atoms with Crippen LogP contribution in [0.5, 0.6) is 5.75 Å². The molecule has 3 amide bonds. The van der Waals surface area contributed by atoms with Crippen LogP contribution in [0.4, 0.5) is 17.1 Å². The molecule has 34 heavy (non-hydrogen) atoms. The highest BCUT2D eigenvalue weighted by Gasteiger charge is 2.40. The summed E-state index contributed by atoms with van der Waals surface area (Å²) in [7, 11) is 0. The Hall–Kier alpha value is -4.39. The molecule has 2 N–H and O–H groups in total. The second-order valence-corrected chi connectivity index (χ2v) is 7.79. The standard InChI is InChI=1S/C27H25N3O4/c1-3-16-34-23-11-7-8-21(17-23)29-25-24(19-12-14-20(15-13-19)28-18(2)31)26(32)30(27(25)33)22-9-5-4-6-10-22/h4-15,17,29H,3,16H2,1-2H3,(H,28,31). The minimum atomic E-state index is -0.447. The predicted molar refractivity (Wildman–Crippen MR) is 132 cm³/mol. The van der Waals surface area contributed by atoms with Gasteiger partial charge < -0.3 is 15.4 Å². The molecule has 0 radical (unpaired) electrons. The van der Waals surface area contributed by atoms with E-state index in [-0.39, 0.29) is 17.2 Å². The maximum atomic E-state index is 13.5. The molecule has 0 fully saturated rings. The molecule has 0 bridgehead atoms. The Morgan fingerprint density at radius 3 is 2.29 bits per heavy atom. The van der Waals surface area contributed by atoms with Gasteiger partial charge in [-0.2, -0.15) is 0 Å². The van der Waals surface area contributed by atoms with E-state index in [9.17, 15) is 14.4 Å². The van der Waals surface area contributed by atoms with E-state index in [4.69, 9.17) is 4.74 Å². The summed E-state index contributed by atoms with van der Waals surface area (Å²) in [4.78, 5) is 39.5. The van der Waals surface area contributed by atoms with Crippen LogP contribution in [0.2, 0.25) is 0 Å². The Balaban J connectivity index is 1.74. The number of ether oxygens (including phenoxy) is 1. The summed E-state index contributed by atoms with van der Waals surface area (Å²) in [6.45, 7) is 4.03. The number of hydrogen-bond donors (Lipinski definition) is 2. The Labute approximate surface area is 198 Å². The average Bonchev–Trinajstić information content (AvgIpc) is 3.08. The SMILES string of the molecule is CCCOc1cccc(NC2=C(c3ccc(NC(C)=O)cc3)C(=O)N(c3ccccc3)C2=O)c1. The zero-order valence-electron chi connectivity index (χ0n) is 19.0. The normalized spacial score (nSPS) is 13.3. The monoisotopic (exact) mass is 455 g/mol. The van der Waals surface area contributed by atoms with Crippen molar-refractivity contribution in [2.24, 2.45) is 0 Å². The smallest absolute Gasteiger partial charge is 0.282 e. The molecule has 1 heterocycles. The summed E-state index contributed by atoms with van der Waals surface area (Å²) in [6.07, 6.45) is 0.875. The van der Waals surface area contributed by atoms with Crippen LogP contribution in [-0.4, -0.2) is 24.3 Å². The van der Waals surface area contributed by atoms with E-state index < -0.39 is 11.8 Å². The van der Waals surface area contributed by atoms with Gasteiger partial charge in [0.1, 0.15) is 11.4 Å². The number of nitrogens with one attached hydrogen (secondary N) is 2. The van der Waals surface area contributed by atoms with Gasteiger partial charge in [0.2, 0.25) is 5.91 Å². The van der Waals surface area contributed by atoms with Crippen molar-refractivity contribution in [1.82, 2.24) is 0 Å². The minimum Gasteiger partial charge on any atom is -0.494 e. The second-order valence-electron chi connectivity index (χ2n) is 7.79. The lowest BCUT2D eigenvalue weighted by Gasteiger charge is -2.15. The van der Waals surface area contributed by atoms with Crippen LogP contribution < -0.4 is 20.3 Å². The third kappa shape index (κ3) is 4.83. The minimum absolute atomic E-state index is 0.175. The molecule has 1 aliphatic rings. The molecular weight excluding hydrogens is 430 g/mol. The molecule has 0 unspecified atom stereocenters. The summed E-state index contributed by atoms with van der Waals surface area (Å²) >= 11 is 0. The molecule has 0 aliphatic carbocycles. The fourth-order valence-electron chi connectivity index (χ4n) is 3.68. The lowest BCUT2D eigenvalue weighted by Crippen LogP contribution is -2.32. The fourth-order valence-corrected chi connectivity index (χ4v) is 3.68. The highest BCUT2D eigenvalue weighted by Crippen LogP contribution is 2.34. The van der Waals surface area contributed by atoms with Gasteiger partial charge in [0.05, 0.1) is 17.9 Å². The summed E-state index contributed by atoms with van der Waals surface area (Å²) in [5, 5.41) is 5.86. The van der Waals surface area contributed by atoms with Gasteiger partial charge in [-0.05, 0) is 48.4 Å². The molecule has 4 rings (SSSR count). The number of carbonyl (C=O) groups excluding carboxylic acids is 3. The van der Waals surface area contributed by atoms with E-state index in [1.54, 1.807) is 54.6 Å². The van der Waals surface area contributed by atoms with E-state index in [1.165, 1.54) is 6.92 Å². The van der Waals surface area contributed by atoms with Gasteiger partial charge in [0, 0.05) is 24.4 Å². The molecule has 0 atom stereocenters. The fraction of sp³-hybridized carbons (Fsp3) is 0.148. The van der Waals surface area contributed by atoms with Crippen molar-refractivity contribution < 1.29 is 19.1 Å². The molecule has 0 saturated carbocycles. The lowest BCUT2D eigenvalue weighted by atomic mass is 10.0. The van der Waals surface area contributed by atoms with Crippen LogP contribution in [0, 0.1) is 0 Å². The molecule has 3 aromatic rings. The quantitative estimate of drug-likeness (QED) is 0.475. The first-order valence-corrected chi connectivity index (χ1v) is 11.0. The molecule has 172 valence electrons. The number of para-hydroxylation sites is 1. The van der Waals surface area contributed by atoms with E-state index in [0.717, 1.165) is 11.3 Å². The van der Waals surface area contributed by atoms with Crippen LogP contribution in [0.15, 0.2) is 84.6 Å². The first kappa shape index (κ1) is 22.8. The lowest BCUT2D eigenvalue weighted by molar-refractivity contribution is -0.120. The molecular formula is C27H25N3O4. The van der Waals surface area contributed by atoms with Gasteiger partial charge in [-0.25, -0.2) is 4.90 Å². The molecule has 1 aliphatic heterocycles. The second kappa shape index (κ2) is 10.0. The van der Waals surface area contributed by atoms with Crippen molar-refractivity contribution >= 4 is 40.4 Å². The van der Waals surface area contributed by atoms with Gasteiger partial charge >= 0.3 is 0 Å². The molecule has 7 nitrogen and oxygen atoms in total. The first-order valence-electron chi connectivity index (χ1n) is 11.0. The molecule has 7 heteroatoms. The van der Waals surface area contributed by atoms with Gasteiger partial charge in [0.15, 0.2) is 0 Å². The van der Waals surface area contributed by atoms with Crippen molar-refractivity contribution in [2.45, 2.75) is 20.3 Å². The van der Waals surface area contributed by atoms with E-state index in [2.05, 4.69) is 10.6 Å². The molecule has 0 saturated heterocycles. The van der Waals surface area contributed by atoms with Gasteiger partial charge in [-0.1, -0.05) is 43.3 Å². The van der Waals surface area contributed by atoms with E-state index in [0.29, 0.717) is 35.0 Å². The maximum absolute atomic E-state index is 13.5. The third-order valence-corrected chi connectivity index (χ3v) is 5.17. The third-order valence-electron chi connectivity index (χ3n) is 5.17. The van der Waals surface area contributed by atoms with Crippen molar-refractivity contribution in [2.75, 3.05) is 22.1 Å². The molecule has 0 aromatic heterocycles. The highest BCUT2D eigenvalue weighted by atomic mass is 16.5. The average molecular weight is 456 g/mol. The number of imide groups is 1. The van der Waals surface area contributed by atoms with E-state index in [1.807, 2.05) is 31.2 Å². The van der Waals surface area contributed by atoms with Crippen molar-refractivity contribution in [3.63, 3.8) is 0 Å². The number of carbonyl (C=O) groups is 3. The summed E-state index contributed by atoms with van der Waals surface area (Å²) in [6, 6.07) is 22.9. The Bertz CT molecular complexity index is 1250. The van der Waals surface area contributed by atoms with Gasteiger partial charge in [-0.3, -0.25) is 14.4 Å². The van der Waals surface area contributed by atoms with Crippen molar-refractivity contribution in [1.29, 1.82) is 0 Å². The number of benzene rings is 3. The first-order chi connectivity index (χ1) is 16.5. The number of anilines is 3. The summed E-state index contributed by atoms with van der Waals surface area (Å²) in [5.41, 5.74) is 2.71. The van der Waals surface area contributed by atoms with Crippen molar-refractivity contribution in [3.8, 4) is 5.75 Å². The number of nitrogens with zero attached hydrogens (tertiary/aromatic N) is 1. The van der Waals surface area contributed by atoms with E-state index >= 15 is 0 Å². The summed E-state index contributed by atoms with van der Waals surface area (Å²) in [5.74, 6) is -0.395.